The standard InChI is InChI=1S/C15H15BN2/c16-12-7-5-11(6-8-12)15(13-3-1-9-17-13)14-4-2-10-18-14/h1-10,15,17-18H,16H2. The lowest BCUT2D eigenvalue weighted by molar-refractivity contribution is 0.898. The van der Waals surface area contributed by atoms with Crippen LogP contribution in [0.3, 0.4) is 0 Å². The van der Waals surface area contributed by atoms with Crippen molar-refractivity contribution in [1.82, 2.24) is 9.97 Å². The average Bonchev–Trinajstić information content (AvgIpc) is 3.06. The largest absolute Gasteiger partial charge is 0.364 e. The molecule has 0 amide bonds. The van der Waals surface area contributed by atoms with Crippen molar-refractivity contribution < 1.29 is 0 Å². The number of hydrogen-bond acceptors (Lipinski definition) is 0. The van der Waals surface area contributed by atoms with Crippen LogP contribution in [-0.2, 0) is 0 Å². The van der Waals surface area contributed by atoms with Crippen LogP contribution < -0.4 is 5.46 Å². The fourth-order valence-electron chi connectivity index (χ4n) is 2.33. The van der Waals surface area contributed by atoms with Crippen molar-refractivity contribution in [3.05, 3.63) is 77.9 Å². The second-order valence-corrected chi connectivity index (χ2v) is 4.59. The number of aromatic amines is 2. The van der Waals surface area contributed by atoms with Gasteiger partial charge in [-0.15, -0.1) is 0 Å². The number of hydrogen-bond donors (Lipinski definition) is 2. The van der Waals surface area contributed by atoms with E-state index in [-0.39, 0.29) is 5.92 Å². The molecule has 2 aromatic heterocycles. The molecule has 3 rings (SSSR count). The highest BCUT2D eigenvalue weighted by Crippen LogP contribution is 2.29. The van der Waals surface area contributed by atoms with Crippen LogP contribution in [-0.4, -0.2) is 17.8 Å². The Morgan fingerprint density at radius 2 is 1.33 bits per heavy atom. The molecule has 0 saturated heterocycles. The Labute approximate surface area is 107 Å². The van der Waals surface area contributed by atoms with Crippen molar-refractivity contribution in [1.29, 1.82) is 0 Å². The Bertz CT molecular complexity index is 560. The SMILES string of the molecule is Bc1ccc(C(c2ccc[nH]2)c2ccc[nH]2)cc1. The number of rotatable bonds is 3. The van der Waals surface area contributed by atoms with Gasteiger partial charge in [-0.25, -0.2) is 0 Å². The maximum atomic E-state index is 3.32. The molecule has 2 N–H and O–H groups in total. The van der Waals surface area contributed by atoms with Crippen LogP contribution in [0.15, 0.2) is 60.9 Å². The molecule has 0 atom stereocenters. The molecule has 0 aliphatic carbocycles. The summed E-state index contributed by atoms with van der Waals surface area (Å²) in [5.74, 6) is 0.246. The van der Waals surface area contributed by atoms with E-state index >= 15 is 0 Å². The Kier molecular flexibility index (Phi) is 2.81. The zero-order valence-electron chi connectivity index (χ0n) is 10.4. The topological polar surface area (TPSA) is 31.6 Å². The van der Waals surface area contributed by atoms with Crippen LogP contribution >= 0.6 is 0 Å². The van der Waals surface area contributed by atoms with Crippen LogP contribution in [0.25, 0.3) is 0 Å². The Hall–Kier alpha value is -2.16. The van der Waals surface area contributed by atoms with E-state index < -0.39 is 0 Å². The van der Waals surface area contributed by atoms with Gasteiger partial charge in [-0.2, -0.15) is 0 Å². The van der Waals surface area contributed by atoms with Gasteiger partial charge in [0.2, 0.25) is 0 Å². The van der Waals surface area contributed by atoms with E-state index in [1.165, 1.54) is 22.4 Å². The quantitative estimate of drug-likeness (QED) is 0.647. The van der Waals surface area contributed by atoms with E-state index in [1.54, 1.807) is 0 Å². The Balaban J connectivity index is 2.08. The first kappa shape index (κ1) is 11.0. The first-order chi connectivity index (χ1) is 8.84. The van der Waals surface area contributed by atoms with Gasteiger partial charge in [0.05, 0.1) is 5.92 Å². The molecule has 0 saturated carbocycles. The fourth-order valence-corrected chi connectivity index (χ4v) is 2.33. The summed E-state index contributed by atoms with van der Waals surface area (Å²) in [6.07, 6.45) is 3.94. The van der Waals surface area contributed by atoms with Crippen LogP contribution in [0.5, 0.6) is 0 Å². The lowest BCUT2D eigenvalue weighted by Gasteiger charge is -2.15. The van der Waals surface area contributed by atoms with Crippen molar-refractivity contribution >= 4 is 13.3 Å². The van der Waals surface area contributed by atoms with Gasteiger partial charge in [-0.3, -0.25) is 0 Å². The van der Waals surface area contributed by atoms with Gasteiger partial charge in [0, 0.05) is 23.8 Å². The first-order valence-corrected chi connectivity index (χ1v) is 6.18. The first-order valence-electron chi connectivity index (χ1n) is 6.18. The number of nitrogens with one attached hydrogen (secondary N) is 2. The highest BCUT2D eigenvalue weighted by atomic mass is 14.7. The van der Waals surface area contributed by atoms with Crippen LogP contribution in [0, 0.1) is 0 Å². The van der Waals surface area contributed by atoms with Gasteiger partial charge in [0.15, 0.2) is 0 Å². The predicted octanol–water partition coefficient (Wildman–Crippen LogP) is 1.78. The summed E-state index contributed by atoms with van der Waals surface area (Å²) in [5, 5.41) is 0. The van der Waals surface area contributed by atoms with Crippen molar-refractivity contribution in [2.45, 2.75) is 5.92 Å². The van der Waals surface area contributed by atoms with E-state index in [2.05, 4.69) is 54.2 Å². The van der Waals surface area contributed by atoms with E-state index in [4.69, 9.17) is 0 Å². The van der Waals surface area contributed by atoms with Crippen LogP contribution in [0.4, 0.5) is 0 Å². The molecule has 0 fully saturated rings. The minimum Gasteiger partial charge on any atom is -0.364 e. The number of benzene rings is 1. The highest BCUT2D eigenvalue weighted by Gasteiger charge is 2.17. The third kappa shape index (κ3) is 1.99. The monoisotopic (exact) mass is 234 g/mol. The molecule has 0 spiro atoms. The summed E-state index contributed by atoms with van der Waals surface area (Å²) in [6.45, 7) is 0. The van der Waals surface area contributed by atoms with Gasteiger partial charge in [0.1, 0.15) is 7.85 Å². The molecule has 18 heavy (non-hydrogen) atoms. The molecular formula is C15H15BN2. The summed E-state index contributed by atoms with van der Waals surface area (Å²) in [4.78, 5) is 6.64. The minimum atomic E-state index is 0.246. The fraction of sp³-hybridized carbons (Fsp3) is 0.0667. The van der Waals surface area contributed by atoms with Crippen molar-refractivity contribution in [3.63, 3.8) is 0 Å². The summed E-state index contributed by atoms with van der Waals surface area (Å²) in [7, 11) is 2.11. The Morgan fingerprint density at radius 3 is 1.78 bits per heavy atom. The second-order valence-electron chi connectivity index (χ2n) is 4.59. The summed E-state index contributed by atoms with van der Waals surface area (Å²) in [5.41, 5.74) is 5.00. The van der Waals surface area contributed by atoms with Crippen LogP contribution in [0.2, 0.25) is 0 Å². The zero-order chi connectivity index (χ0) is 12.4. The summed E-state index contributed by atoms with van der Waals surface area (Å²) < 4.78 is 0. The van der Waals surface area contributed by atoms with E-state index in [0.717, 1.165) is 0 Å². The Morgan fingerprint density at radius 1 is 0.778 bits per heavy atom. The summed E-state index contributed by atoms with van der Waals surface area (Å²) in [6, 6.07) is 17.1. The molecule has 0 aliphatic heterocycles. The predicted molar refractivity (Wildman–Crippen MR) is 77.2 cm³/mol. The molecule has 0 aliphatic rings. The smallest absolute Gasteiger partial charge is 0.139 e. The third-order valence-corrected chi connectivity index (χ3v) is 3.28. The van der Waals surface area contributed by atoms with E-state index in [9.17, 15) is 0 Å². The molecule has 2 heterocycles. The molecule has 88 valence electrons. The minimum absolute atomic E-state index is 0.246. The highest BCUT2D eigenvalue weighted by molar-refractivity contribution is 6.32. The normalized spacial score (nSPS) is 10.9. The van der Waals surface area contributed by atoms with Crippen molar-refractivity contribution in [2.75, 3.05) is 0 Å². The molecule has 3 aromatic rings. The summed E-state index contributed by atoms with van der Waals surface area (Å²) >= 11 is 0. The molecule has 3 heteroatoms. The molecule has 0 radical (unpaired) electrons. The van der Waals surface area contributed by atoms with E-state index in [1.807, 2.05) is 24.5 Å². The molecule has 0 bridgehead atoms. The number of aromatic nitrogens is 2. The van der Waals surface area contributed by atoms with Crippen molar-refractivity contribution in [2.24, 2.45) is 0 Å². The zero-order valence-corrected chi connectivity index (χ0v) is 10.4. The van der Waals surface area contributed by atoms with Crippen LogP contribution in [0.1, 0.15) is 22.9 Å². The average molecular weight is 234 g/mol. The number of H-pyrrole nitrogens is 2. The molecular weight excluding hydrogens is 219 g/mol. The second kappa shape index (κ2) is 4.61. The van der Waals surface area contributed by atoms with Crippen molar-refractivity contribution in [3.8, 4) is 0 Å². The third-order valence-electron chi connectivity index (χ3n) is 3.28. The van der Waals surface area contributed by atoms with Gasteiger partial charge in [-0.1, -0.05) is 29.7 Å². The lowest BCUT2D eigenvalue weighted by atomic mass is 9.88. The molecule has 2 nitrogen and oxygen atoms in total. The maximum absolute atomic E-state index is 3.32. The van der Waals surface area contributed by atoms with Gasteiger partial charge in [-0.05, 0) is 29.8 Å². The van der Waals surface area contributed by atoms with Gasteiger partial charge in [0.25, 0.3) is 0 Å². The van der Waals surface area contributed by atoms with Gasteiger partial charge < -0.3 is 9.97 Å². The van der Waals surface area contributed by atoms with E-state index in [0.29, 0.717) is 0 Å². The lowest BCUT2D eigenvalue weighted by Crippen LogP contribution is -2.07. The maximum Gasteiger partial charge on any atom is 0.139 e. The molecule has 1 aromatic carbocycles. The molecule has 0 unspecified atom stereocenters. The van der Waals surface area contributed by atoms with Gasteiger partial charge >= 0.3 is 0 Å².